The molecule has 5 aromatic carbocycles. The number of hydrogen-bond donors (Lipinski definition) is 8. The first-order chi connectivity index (χ1) is 46.0. The molecule has 7 amide bonds. The van der Waals surface area contributed by atoms with Crippen LogP contribution >= 0.6 is 11.8 Å². The van der Waals surface area contributed by atoms with E-state index in [-0.39, 0.29) is 60.8 Å². The minimum Gasteiger partial charge on any atom is -0.489 e. The molecule has 2 unspecified atom stereocenters. The van der Waals surface area contributed by atoms with Gasteiger partial charge in [-0.3, -0.25) is 33.6 Å². The number of primary amides is 1. The maximum Gasteiger partial charge on any atom is 0.328 e. The number of nitrogens with one attached hydrogen (secondary N) is 7. The predicted octanol–water partition coefficient (Wildman–Crippen LogP) is 4.81. The van der Waals surface area contributed by atoms with Crippen LogP contribution in [0.5, 0.6) is 5.75 Å². The summed E-state index contributed by atoms with van der Waals surface area (Å²) in [6.45, 7) is 15.7. The van der Waals surface area contributed by atoms with E-state index in [4.69, 9.17) is 29.4 Å². The number of carbonyl (C=O) groups excluding carboxylic acids is 8. The van der Waals surface area contributed by atoms with Gasteiger partial charge in [0.15, 0.2) is 5.96 Å². The van der Waals surface area contributed by atoms with Crippen molar-refractivity contribution in [3.63, 3.8) is 0 Å². The second-order valence-electron chi connectivity index (χ2n) is 25.9. The summed E-state index contributed by atoms with van der Waals surface area (Å²) in [4.78, 5) is 117. The summed E-state index contributed by atoms with van der Waals surface area (Å²) < 4.78 is 24.2. The van der Waals surface area contributed by atoms with Crippen LogP contribution in [0.1, 0.15) is 97.3 Å². The first-order valence-corrected chi connectivity index (χ1v) is 36.0. The van der Waals surface area contributed by atoms with Gasteiger partial charge in [0.05, 0.1) is 51.7 Å². The summed E-state index contributed by atoms with van der Waals surface area (Å²) >= 11 is 1.44. The van der Waals surface area contributed by atoms with E-state index in [0.29, 0.717) is 30.1 Å². The standard InChI is InChI=1S/C72H96N10O12SSi/c1-9-49(4)65(81-63(84)41-74-64(85)47-95-46-54-35-37-82-36-34-53(75-71(82)76-54)44-94-96(72(5,6)7,56-26-18-12-19-27-56)57-28-20-13-21-29-57)69(89)80-61(45-92-42-51-22-14-10-15-23-51)68(88)77-58(39-50-30-32-55(33-31-50)93-43-52-24-16-11-17-25-52)66(86)78-59(40-62(73)83)67(87)79-60(38-48(2)3)70(90)91-8/h10-33,48-49,53-54,58-61,65H,9,34-47H2,1-8H3,(H2,73,83)(H,74,85)(H,75,76)(H,77,88)(H,78,86)(H,79,87)(H,80,89)(H,81,84)/t49-,53?,54?,58-,59-,60-,61-,65-/m0/s1. The van der Waals surface area contributed by atoms with Crippen molar-refractivity contribution in [1.29, 1.82) is 0 Å². The van der Waals surface area contributed by atoms with E-state index in [9.17, 15) is 38.4 Å². The van der Waals surface area contributed by atoms with Crippen LogP contribution in [-0.2, 0) is 71.9 Å². The van der Waals surface area contributed by atoms with Gasteiger partial charge in [-0.1, -0.05) is 188 Å². The summed E-state index contributed by atoms with van der Waals surface area (Å²) in [6.07, 6.45) is 1.49. The normalized spacial score (nSPS) is 16.5. The maximum absolute atomic E-state index is 14.8. The molecule has 96 heavy (non-hydrogen) atoms. The summed E-state index contributed by atoms with van der Waals surface area (Å²) in [6, 6.07) is 39.8. The van der Waals surface area contributed by atoms with Gasteiger partial charge in [-0.2, -0.15) is 0 Å². The van der Waals surface area contributed by atoms with Crippen LogP contribution in [0.4, 0.5) is 0 Å². The zero-order valence-electron chi connectivity index (χ0n) is 56.4. The molecule has 22 nitrogen and oxygen atoms in total. The summed E-state index contributed by atoms with van der Waals surface area (Å²) in [5.74, 6) is -4.61. The minimum atomic E-state index is -2.76. The first kappa shape index (κ1) is 74.8. The molecule has 8 atom stereocenters. The van der Waals surface area contributed by atoms with Gasteiger partial charge in [0, 0.05) is 31.3 Å². The largest absolute Gasteiger partial charge is 0.489 e. The number of fused-ring (bicyclic) bond motifs is 1. The van der Waals surface area contributed by atoms with Gasteiger partial charge in [-0.25, -0.2) is 9.79 Å². The molecule has 0 bridgehead atoms. The third kappa shape index (κ3) is 22.5. The van der Waals surface area contributed by atoms with Crippen LogP contribution in [0.25, 0.3) is 0 Å². The van der Waals surface area contributed by atoms with Gasteiger partial charge < -0.3 is 66.5 Å². The number of carbonyl (C=O) groups is 8. The van der Waals surface area contributed by atoms with Crippen LogP contribution in [0.2, 0.25) is 5.04 Å². The van der Waals surface area contributed by atoms with Crippen molar-refractivity contribution < 1.29 is 57.0 Å². The van der Waals surface area contributed by atoms with Crippen LogP contribution in [-0.4, -0.2) is 160 Å². The summed E-state index contributed by atoms with van der Waals surface area (Å²) in [7, 11) is -1.59. The van der Waals surface area contributed by atoms with Crippen molar-refractivity contribution in [2.45, 2.75) is 148 Å². The quantitative estimate of drug-likeness (QED) is 0.0197. The molecule has 1 fully saturated rings. The van der Waals surface area contributed by atoms with Gasteiger partial charge in [0.25, 0.3) is 8.32 Å². The Bertz CT molecular complexity index is 3330. The fourth-order valence-corrected chi connectivity index (χ4v) is 17.1. The number of ether oxygens (including phenoxy) is 3. The number of benzene rings is 5. The zero-order chi connectivity index (χ0) is 69.2. The van der Waals surface area contributed by atoms with E-state index in [2.05, 4.69) is 111 Å². The molecular weight excluding hydrogens is 1260 g/mol. The first-order valence-electron chi connectivity index (χ1n) is 33.0. The second-order valence-corrected chi connectivity index (χ2v) is 31.2. The molecule has 0 aromatic heterocycles. The molecule has 24 heteroatoms. The number of methoxy groups -OCH3 is 1. The Morgan fingerprint density at radius 2 is 1.22 bits per heavy atom. The lowest BCUT2D eigenvalue weighted by Crippen LogP contribution is -2.67. The molecule has 7 rings (SSSR count). The van der Waals surface area contributed by atoms with Crippen LogP contribution in [0.15, 0.2) is 151 Å². The van der Waals surface area contributed by atoms with Crippen LogP contribution in [0, 0.1) is 11.8 Å². The molecule has 5 aromatic rings. The average Bonchev–Trinajstić information content (AvgIpc) is 0.748. The highest BCUT2D eigenvalue weighted by atomic mass is 32.2. The fourth-order valence-electron chi connectivity index (χ4n) is 11.6. The van der Waals surface area contributed by atoms with Crippen molar-refractivity contribution in [3.8, 4) is 5.75 Å². The molecular formula is C72H96N10O12SSi. The van der Waals surface area contributed by atoms with Gasteiger partial charge in [0.2, 0.25) is 41.4 Å². The number of guanidine groups is 1. The molecule has 516 valence electrons. The maximum atomic E-state index is 14.8. The molecule has 2 aliphatic rings. The lowest BCUT2D eigenvalue weighted by Gasteiger charge is -2.44. The van der Waals surface area contributed by atoms with E-state index >= 15 is 0 Å². The SMILES string of the molecule is CC[C@H](C)[C@H](NC(=O)CNC(=O)CSCC1CCN2CCC(CO[Si](c3ccccc3)(c3ccccc3)C(C)(C)C)N=C2N1)C(=O)N[C@@H](COCc1ccccc1)C(=O)N[C@@H](Cc1ccc(OCc2ccccc2)cc1)C(=O)N[C@@H](CC(N)=O)C(=O)N[C@@H](CC(C)C)C(=O)OC. The molecule has 1 saturated heterocycles. The number of nitrogens with zero attached hydrogens (tertiary/aromatic N) is 2. The van der Waals surface area contributed by atoms with Crippen LogP contribution in [0.3, 0.4) is 0 Å². The highest BCUT2D eigenvalue weighted by Crippen LogP contribution is 2.37. The van der Waals surface area contributed by atoms with E-state index in [1.54, 1.807) is 31.2 Å². The smallest absolute Gasteiger partial charge is 0.328 e. The van der Waals surface area contributed by atoms with Crippen molar-refractivity contribution in [3.05, 3.63) is 162 Å². The van der Waals surface area contributed by atoms with E-state index in [0.717, 1.165) is 43.0 Å². The van der Waals surface area contributed by atoms with Crippen molar-refractivity contribution >= 4 is 83.7 Å². The third-order valence-electron chi connectivity index (χ3n) is 17.0. The second kappa shape index (κ2) is 37.1. The van der Waals surface area contributed by atoms with E-state index in [1.807, 2.05) is 93.6 Å². The summed E-state index contributed by atoms with van der Waals surface area (Å²) in [5.41, 5.74) is 7.86. The predicted molar refractivity (Wildman–Crippen MR) is 374 cm³/mol. The number of hydrogen-bond acceptors (Lipinski definition) is 16. The lowest BCUT2D eigenvalue weighted by molar-refractivity contribution is -0.146. The number of aliphatic imine (C=N–C) groups is 1. The van der Waals surface area contributed by atoms with Crippen molar-refractivity contribution in [2.24, 2.45) is 22.6 Å². The molecule has 0 saturated carbocycles. The Kier molecular flexibility index (Phi) is 28.9. The van der Waals surface area contributed by atoms with E-state index < -0.39 is 105 Å². The monoisotopic (exact) mass is 1350 g/mol. The molecule has 0 aliphatic carbocycles. The Hall–Kier alpha value is -8.58. The van der Waals surface area contributed by atoms with Gasteiger partial charge in [-0.15, -0.1) is 11.8 Å². The Labute approximate surface area is 569 Å². The fraction of sp³-hybridized carbons (Fsp3) is 0.458. The Morgan fingerprint density at radius 1 is 0.667 bits per heavy atom. The Balaban J connectivity index is 0.988. The van der Waals surface area contributed by atoms with Gasteiger partial charge in [0.1, 0.15) is 42.6 Å². The summed E-state index contributed by atoms with van der Waals surface area (Å²) in [5, 5.41) is 22.0. The van der Waals surface area contributed by atoms with Crippen molar-refractivity contribution in [2.75, 3.05) is 51.5 Å². The van der Waals surface area contributed by atoms with E-state index in [1.165, 1.54) is 29.2 Å². The van der Waals surface area contributed by atoms with Gasteiger partial charge >= 0.3 is 5.97 Å². The number of thioether (sulfide) groups is 1. The molecule has 2 aliphatic heterocycles. The van der Waals surface area contributed by atoms with Gasteiger partial charge in [-0.05, 0) is 75.3 Å². The molecule has 2 heterocycles. The zero-order valence-corrected chi connectivity index (χ0v) is 58.3. The topological polar surface area (TPSA) is 299 Å². The third-order valence-corrected chi connectivity index (χ3v) is 23.1. The number of nitrogens with two attached hydrogens (primary N) is 1. The average molecular weight is 1350 g/mol. The number of amides is 7. The van der Waals surface area contributed by atoms with Crippen LogP contribution < -0.4 is 58.1 Å². The number of rotatable bonds is 36. The Morgan fingerprint density at radius 3 is 1.80 bits per heavy atom. The highest BCUT2D eigenvalue weighted by molar-refractivity contribution is 8.00. The van der Waals surface area contributed by atoms with Crippen molar-refractivity contribution in [1.82, 2.24) is 42.1 Å². The lowest BCUT2D eigenvalue weighted by atomic mass is 9.97. The molecule has 0 spiro atoms. The highest BCUT2D eigenvalue weighted by Gasteiger charge is 2.50. The molecule has 9 N–H and O–H groups in total. The molecule has 0 radical (unpaired) electrons. The number of esters is 1. The minimum absolute atomic E-state index is 0.0343.